The third kappa shape index (κ3) is 4.21. The molecule has 0 radical (unpaired) electrons. The number of carbonyl (C=O) groups excluding carboxylic acids is 3. The van der Waals surface area contributed by atoms with Crippen LogP contribution < -0.4 is 9.96 Å². The van der Waals surface area contributed by atoms with Gasteiger partial charge in [-0.05, 0) is 13.0 Å². The molecule has 2 aromatic rings. The number of hydrogen-bond donors (Lipinski definition) is 6. The molecule has 6 atom stereocenters. The number of methoxy groups -OCH3 is 1. The second-order valence-corrected chi connectivity index (χ2v) is 10.4. The van der Waals surface area contributed by atoms with Crippen LogP contribution in [0.3, 0.4) is 0 Å². The van der Waals surface area contributed by atoms with Crippen molar-refractivity contribution in [2.75, 3.05) is 13.7 Å². The number of rotatable bonds is 6. The minimum atomic E-state index is -2.23. The number of aliphatic hydroxyl groups is 3. The average molecular weight is 555 g/mol. The molecule has 6 N–H and O–H groups in total. The quantitative estimate of drug-likeness (QED) is 0.164. The number of hydrogen-bond acceptors (Lipinski definition) is 12. The maximum Gasteiger partial charge on any atom is 0.202 e. The first-order chi connectivity index (χ1) is 19.0. The number of aliphatic hydroxyl groups excluding tert-OH is 2. The van der Waals surface area contributed by atoms with Gasteiger partial charge in [-0.2, -0.15) is 0 Å². The molecule has 12 nitrogen and oxygen atoms in total. The van der Waals surface area contributed by atoms with Gasteiger partial charge in [-0.25, -0.2) is 0 Å². The molecule has 13 heteroatoms. The van der Waals surface area contributed by atoms with Gasteiger partial charge in [-0.15, -0.1) is 0 Å². The van der Waals surface area contributed by atoms with Crippen molar-refractivity contribution in [2.45, 2.75) is 62.4 Å². The molecule has 1 aliphatic heterocycles. The van der Waals surface area contributed by atoms with E-state index in [2.05, 4.69) is 5.23 Å². The van der Waals surface area contributed by atoms with E-state index in [4.69, 9.17) is 14.2 Å². The average Bonchev–Trinajstić information content (AvgIpc) is 2.94. The molecule has 0 spiro atoms. The van der Waals surface area contributed by atoms with Crippen molar-refractivity contribution < 1.29 is 54.1 Å². The van der Waals surface area contributed by atoms with Gasteiger partial charge in [0.2, 0.25) is 5.78 Å². The first kappa shape index (κ1) is 28.2. The van der Waals surface area contributed by atoms with Crippen LogP contribution in [0.1, 0.15) is 68.8 Å². The number of carbonyl (C=O) groups is 3. The Balaban J connectivity index is 1.68. The predicted molar refractivity (Wildman–Crippen MR) is 139 cm³/mol. The zero-order chi connectivity index (χ0) is 29.1. The molecule has 1 heterocycles. The molecule has 3 aliphatic rings. The fourth-order valence-electron chi connectivity index (χ4n) is 6.00. The molecule has 5 rings (SSSR count). The van der Waals surface area contributed by atoms with Crippen molar-refractivity contribution in [1.29, 1.82) is 0 Å². The van der Waals surface area contributed by atoms with Crippen molar-refractivity contribution in [2.24, 2.45) is 0 Å². The van der Waals surface area contributed by atoms with E-state index in [1.54, 1.807) is 14.9 Å². The summed E-state index contributed by atoms with van der Waals surface area (Å²) in [6.07, 6.45) is -4.66. The van der Waals surface area contributed by atoms with Gasteiger partial charge in [0.15, 0.2) is 25.8 Å². The number of ether oxygens (including phenoxy) is 3. The van der Waals surface area contributed by atoms with E-state index in [1.165, 1.54) is 25.3 Å². The van der Waals surface area contributed by atoms with E-state index in [9.17, 15) is 39.9 Å². The summed E-state index contributed by atoms with van der Waals surface area (Å²) in [5.41, 5.74) is -3.52. The van der Waals surface area contributed by atoms with Gasteiger partial charge >= 0.3 is 0 Å². The molecule has 40 heavy (non-hydrogen) atoms. The van der Waals surface area contributed by atoms with Crippen LogP contribution in [0.2, 0.25) is 0 Å². The second-order valence-electron chi connectivity index (χ2n) is 10.4. The van der Waals surface area contributed by atoms with Crippen LogP contribution >= 0.6 is 0 Å². The number of benzene rings is 2. The van der Waals surface area contributed by atoms with Gasteiger partial charge in [0.25, 0.3) is 0 Å². The van der Waals surface area contributed by atoms with Gasteiger partial charge in [0.05, 0.1) is 42.1 Å². The molecule has 1 fully saturated rings. The van der Waals surface area contributed by atoms with Crippen molar-refractivity contribution in [3.8, 4) is 17.2 Å². The molecule has 2 aromatic carbocycles. The number of Topliss-reactive ketones (excluding diaryl/α,β-unsaturated/α-hetero) is 1. The van der Waals surface area contributed by atoms with Crippen LogP contribution in [-0.2, 0) is 20.7 Å². The summed E-state index contributed by atoms with van der Waals surface area (Å²) >= 11 is 0. The summed E-state index contributed by atoms with van der Waals surface area (Å²) in [5.74, 6) is -3.69. The van der Waals surface area contributed by atoms with Gasteiger partial charge in [0, 0.05) is 42.0 Å². The highest BCUT2D eigenvalue weighted by Gasteiger charge is 2.50. The molecule has 0 saturated carbocycles. The van der Waals surface area contributed by atoms with E-state index >= 15 is 0 Å². The van der Waals surface area contributed by atoms with Crippen LogP contribution in [0.25, 0.3) is 0 Å². The smallest absolute Gasteiger partial charge is 0.202 e. The molecule has 0 amide bonds. The molecule has 4 unspecified atom stereocenters. The van der Waals surface area contributed by atoms with Crippen molar-refractivity contribution in [3.63, 3.8) is 0 Å². The molecule has 0 bridgehead atoms. The number of phenolic OH excluding ortho intramolecular Hbond substituents is 2. The summed E-state index contributed by atoms with van der Waals surface area (Å²) < 4.78 is 17.2. The Morgan fingerprint density at radius 3 is 2.52 bits per heavy atom. The van der Waals surface area contributed by atoms with E-state index in [1.807, 2.05) is 0 Å². The lowest BCUT2D eigenvalue weighted by Crippen LogP contribution is -2.54. The third-order valence-electron chi connectivity index (χ3n) is 8.13. The summed E-state index contributed by atoms with van der Waals surface area (Å²) in [7, 11) is 2.99. The van der Waals surface area contributed by atoms with Crippen molar-refractivity contribution in [1.82, 2.24) is 5.23 Å². The standard InChI is InChI=1S/C27H30BNO11/c1-10-22(32)13(29-28)6-17(39-10)40-15-8-27(37,16(31)9-30)7-12-19(15)26(36)21-20(24(12)34)23(33)11-4-3-5-14(38-2)18(11)25(21)35/h3-5,10,13,15,17,22,29-30,32,34,36-37H,6-9,28H2,1-2H3/t10?,13?,15-,17?,22?,27-/m0/s1. The lowest BCUT2D eigenvalue weighted by Gasteiger charge is -2.42. The van der Waals surface area contributed by atoms with Crippen LogP contribution in [0, 0.1) is 0 Å². The van der Waals surface area contributed by atoms with Crippen LogP contribution in [0.15, 0.2) is 18.2 Å². The Morgan fingerprint density at radius 1 is 1.18 bits per heavy atom. The normalized spacial score (nSPS) is 29.4. The fourth-order valence-corrected chi connectivity index (χ4v) is 6.00. The Labute approximate surface area is 229 Å². The molecular formula is C27H30BNO11. The zero-order valence-corrected chi connectivity index (χ0v) is 22.1. The lowest BCUT2D eigenvalue weighted by molar-refractivity contribution is -0.248. The van der Waals surface area contributed by atoms with Crippen molar-refractivity contribution >= 4 is 25.3 Å². The van der Waals surface area contributed by atoms with Crippen LogP contribution in [0.5, 0.6) is 17.2 Å². The van der Waals surface area contributed by atoms with Crippen LogP contribution in [-0.4, -0.2) is 94.7 Å². The molecular weight excluding hydrogens is 525 g/mol. The Hall–Kier alpha value is -3.33. The summed E-state index contributed by atoms with van der Waals surface area (Å²) in [6, 6.07) is 3.96. The van der Waals surface area contributed by atoms with Gasteiger partial charge in [-0.1, -0.05) is 12.1 Å². The maximum absolute atomic E-state index is 13.7. The zero-order valence-electron chi connectivity index (χ0n) is 22.1. The number of aromatic hydroxyl groups is 2. The van der Waals surface area contributed by atoms with E-state index in [-0.39, 0.29) is 34.4 Å². The predicted octanol–water partition coefficient (Wildman–Crippen LogP) is -0.820. The highest BCUT2D eigenvalue weighted by atomic mass is 16.7. The minimum Gasteiger partial charge on any atom is -0.507 e. The number of fused-ring (bicyclic) bond motifs is 3. The van der Waals surface area contributed by atoms with Crippen molar-refractivity contribution in [3.05, 3.63) is 51.6 Å². The third-order valence-corrected chi connectivity index (χ3v) is 8.13. The monoisotopic (exact) mass is 555 g/mol. The Morgan fingerprint density at radius 2 is 1.88 bits per heavy atom. The topological polar surface area (TPSA) is 192 Å². The number of nitrogens with one attached hydrogen (secondary N) is 1. The van der Waals surface area contributed by atoms with E-state index in [0.29, 0.717) is 0 Å². The summed E-state index contributed by atoms with van der Waals surface area (Å²) in [5, 5.41) is 57.1. The van der Waals surface area contributed by atoms with Gasteiger partial charge in [-0.3, -0.25) is 14.4 Å². The van der Waals surface area contributed by atoms with E-state index < -0.39 is 95.7 Å². The number of ketones is 3. The minimum absolute atomic E-state index is 0.0435. The van der Waals surface area contributed by atoms with E-state index in [0.717, 1.165) is 0 Å². The molecule has 212 valence electrons. The van der Waals surface area contributed by atoms with Crippen LogP contribution in [0.4, 0.5) is 0 Å². The summed E-state index contributed by atoms with van der Waals surface area (Å²) in [4.78, 5) is 39.9. The first-order valence-electron chi connectivity index (χ1n) is 12.9. The molecule has 0 aromatic heterocycles. The largest absolute Gasteiger partial charge is 0.507 e. The SMILES string of the molecule is BNC1CC(O[C@H]2C[C@](O)(C(=O)CO)Cc3c(O)c4c(c(O)c32)C(=O)c2c(OC)cccc2C4=O)OC(C)C1O. The second kappa shape index (κ2) is 10.3. The maximum atomic E-state index is 13.7. The lowest BCUT2D eigenvalue weighted by atomic mass is 9.72. The highest BCUT2D eigenvalue weighted by molar-refractivity contribution is 6.31. The summed E-state index contributed by atoms with van der Waals surface area (Å²) in [6.45, 7) is 0.631. The Kier molecular flexibility index (Phi) is 7.23. The fraction of sp³-hybridized carbons (Fsp3) is 0.444. The number of phenols is 2. The molecule has 2 aliphatic carbocycles. The van der Waals surface area contributed by atoms with Gasteiger partial charge < -0.3 is 45.0 Å². The van der Waals surface area contributed by atoms with Gasteiger partial charge in [0.1, 0.15) is 29.5 Å². The first-order valence-corrected chi connectivity index (χ1v) is 12.9. The Bertz CT molecular complexity index is 1410. The molecule has 1 saturated heterocycles. The highest BCUT2D eigenvalue weighted by Crippen LogP contribution is 2.52.